The van der Waals surface area contributed by atoms with Crippen LogP contribution >= 0.6 is 0 Å². The Morgan fingerprint density at radius 2 is 2.00 bits per heavy atom. The van der Waals surface area contributed by atoms with Crippen molar-refractivity contribution in [2.75, 3.05) is 0 Å². The van der Waals surface area contributed by atoms with Crippen LogP contribution in [0.4, 0.5) is 0 Å². The zero-order valence-electron chi connectivity index (χ0n) is 8.79. The van der Waals surface area contributed by atoms with E-state index in [-0.39, 0.29) is 11.3 Å². The summed E-state index contributed by atoms with van der Waals surface area (Å²) in [5.74, 6) is -0.580. The molecule has 1 rings (SSSR count). The lowest BCUT2D eigenvalue weighted by molar-refractivity contribution is -0.159. The molecule has 2 heteroatoms. The highest BCUT2D eigenvalue weighted by Gasteiger charge is 2.51. The lowest BCUT2D eigenvalue weighted by Gasteiger charge is -2.46. The van der Waals surface area contributed by atoms with E-state index in [9.17, 15) is 9.90 Å². The van der Waals surface area contributed by atoms with Gasteiger partial charge >= 0.3 is 5.97 Å². The van der Waals surface area contributed by atoms with Gasteiger partial charge in [0.05, 0.1) is 5.41 Å². The fraction of sp³-hybridized carbons (Fsp3) is 0.727. The number of hydrogen-bond acceptors (Lipinski definition) is 1. The molecule has 0 radical (unpaired) electrons. The van der Waals surface area contributed by atoms with Crippen molar-refractivity contribution in [2.45, 2.75) is 34.1 Å². The van der Waals surface area contributed by atoms with Crippen molar-refractivity contribution in [1.82, 2.24) is 0 Å². The number of carboxylic acids is 1. The first-order valence-electron chi connectivity index (χ1n) is 4.72. The molecule has 0 amide bonds. The van der Waals surface area contributed by atoms with Gasteiger partial charge in [-0.15, -0.1) is 0 Å². The minimum absolute atomic E-state index is 0.105. The summed E-state index contributed by atoms with van der Waals surface area (Å²) in [7, 11) is 0. The van der Waals surface area contributed by atoms with Crippen LogP contribution in [0, 0.1) is 16.7 Å². The van der Waals surface area contributed by atoms with Crippen LogP contribution in [0.15, 0.2) is 12.2 Å². The quantitative estimate of drug-likeness (QED) is 0.633. The number of rotatable bonds is 1. The Kier molecular flexibility index (Phi) is 2.27. The molecular weight excluding hydrogens is 164 g/mol. The van der Waals surface area contributed by atoms with E-state index in [4.69, 9.17) is 0 Å². The number of carbonyl (C=O) groups is 1. The van der Waals surface area contributed by atoms with Crippen molar-refractivity contribution in [3.63, 3.8) is 0 Å². The van der Waals surface area contributed by atoms with Gasteiger partial charge in [0.15, 0.2) is 0 Å². The van der Waals surface area contributed by atoms with Crippen molar-refractivity contribution in [2.24, 2.45) is 16.7 Å². The smallest absolute Gasteiger partial charge is 0.310 e. The molecule has 0 bridgehead atoms. The van der Waals surface area contributed by atoms with Gasteiger partial charge in [0.1, 0.15) is 0 Å². The third kappa shape index (κ3) is 1.28. The fourth-order valence-electron chi connectivity index (χ4n) is 2.07. The molecule has 0 heterocycles. The minimum Gasteiger partial charge on any atom is -0.481 e. The van der Waals surface area contributed by atoms with Crippen molar-refractivity contribution in [3.8, 4) is 0 Å². The molecule has 1 aliphatic rings. The van der Waals surface area contributed by atoms with Gasteiger partial charge in [-0.3, -0.25) is 4.79 Å². The maximum absolute atomic E-state index is 11.3. The molecule has 1 N–H and O–H groups in total. The highest BCUT2D eigenvalue weighted by Crippen LogP contribution is 2.50. The van der Waals surface area contributed by atoms with Crippen LogP contribution < -0.4 is 0 Å². The monoisotopic (exact) mass is 182 g/mol. The van der Waals surface area contributed by atoms with Gasteiger partial charge in [-0.1, -0.05) is 32.9 Å². The van der Waals surface area contributed by atoms with Crippen molar-refractivity contribution in [1.29, 1.82) is 0 Å². The van der Waals surface area contributed by atoms with Gasteiger partial charge in [0, 0.05) is 0 Å². The topological polar surface area (TPSA) is 37.3 Å². The molecule has 2 atom stereocenters. The minimum atomic E-state index is -0.686. The Bertz CT molecular complexity index is 253. The van der Waals surface area contributed by atoms with Gasteiger partial charge in [-0.25, -0.2) is 0 Å². The molecule has 0 aromatic heterocycles. The fourth-order valence-corrected chi connectivity index (χ4v) is 2.07. The maximum Gasteiger partial charge on any atom is 0.310 e. The predicted molar refractivity (Wildman–Crippen MR) is 52.4 cm³/mol. The Labute approximate surface area is 79.6 Å². The third-order valence-corrected chi connectivity index (χ3v) is 3.81. The molecule has 74 valence electrons. The molecule has 13 heavy (non-hydrogen) atoms. The molecule has 0 unspecified atom stereocenters. The van der Waals surface area contributed by atoms with Gasteiger partial charge < -0.3 is 5.11 Å². The Morgan fingerprint density at radius 3 is 2.31 bits per heavy atom. The van der Waals surface area contributed by atoms with E-state index < -0.39 is 11.4 Å². The number of carboxylic acid groups (broad SMARTS) is 1. The van der Waals surface area contributed by atoms with Crippen LogP contribution in [0.3, 0.4) is 0 Å². The number of aliphatic carboxylic acids is 1. The first kappa shape index (κ1) is 10.3. The molecule has 0 fully saturated rings. The highest BCUT2D eigenvalue weighted by atomic mass is 16.4. The summed E-state index contributed by atoms with van der Waals surface area (Å²) in [5.41, 5.74) is -0.797. The average Bonchev–Trinajstić information content (AvgIpc) is 1.99. The molecule has 0 saturated carbocycles. The van der Waals surface area contributed by atoms with Crippen LogP contribution in [0.5, 0.6) is 0 Å². The van der Waals surface area contributed by atoms with E-state index in [1.54, 1.807) is 0 Å². The summed E-state index contributed by atoms with van der Waals surface area (Å²) < 4.78 is 0. The molecule has 0 aromatic carbocycles. The van der Waals surface area contributed by atoms with E-state index in [0.29, 0.717) is 0 Å². The number of allylic oxidation sites excluding steroid dienone is 2. The van der Waals surface area contributed by atoms with Crippen LogP contribution in [0.2, 0.25) is 0 Å². The van der Waals surface area contributed by atoms with Crippen LogP contribution in [-0.2, 0) is 4.79 Å². The summed E-state index contributed by atoms with van der Waals surface area (Å²) in [6.45, 7) is 7.89. The normalized spacial score (nSPS) is 37.4. The highest BCUT2D eigenvalue weighted by molar-refractivity contribution is 5.76. The third-order valence-electron chi connectivity index (χ3n) is 3.81. The second kappa shape index (κ2) is 2.86. The van der Waals surface area contributed by atoms with E-state index in [1.165, 1.54) is 0 Å². The standard InChI is InChI=1S/C11H18O2/c1-8-6-5-7-10(2,3)11(8,4)9(12)13/h5-6,8H,7H2,1-4H3,(H,12,13)/t8-,11-/m1/s1. The largest absolute Gasteiger partial charge is 0.481 e. The van der Waals surface area contributed by atoms with E-state index in [1.807, 2.05) is 33.8 Å². The van der Waals surface area contributed by atoms with Crippen LogP contribution in [0.25, 0.3) is 0 Å². The van der Waals surface area contributed by atoms with Gasteiger partial charge in [0.2, 0.25) is 0 Å². The Balaban J connectivity index is 3.16. The zero-order chi connectivity index (χ0) is 10.3. The summed E-state index contributed by atoms with van der Waals surface area (Å²) in [6.07, 6.45) is 4.95. The summed E-state index contributed by atoms with van der Waals surface area (Å²) in [6, 6.07) is 0. The molecule has 1 aliphatic carbocycles. The summed E-state index contributed by atoms with van der Waals surface area (Å²) in [4.78, 5) is 11.3. The molecule has 0 saturated heterocycles. The Morgan fingerprint density at radius 1 is 1.46 bits per heavy atom. The first-order valence-corrected chi connectivity index (χ1v) is 4.72. The summed E-state index contributed by atoms with van der Waals surface area (Å²) in [5, 5.41) is 9.27. The van der Waals surface area contributed by atoms with Gasteiger partial charge in [-0.2, -0.15) is 0 Å². The maximum atomic E-state index is 11.3. The lowest BCUT2D eigenvalue weighted by Crippen LogP contribution is -2.47. The Hall–Kier alpha value is -0.790. The van der Waals surface area contributed by atoms with Gasteiger partial charge in [-0.05, 0) is 24.7 Å². The predicted octanol–water partition coefficient (Wildman–Crippen LogP) is 2.70. The van der Waals surface area contributed by atoms with Crippen molar-refractivity contribution >= 4 is 5.97 Å². The van der Waals surface area contributed by atoms with E-state index in [0.717, 1.165) is 6.42 Å². The van der Waals surface area contributed by atoms with Crippen LogP contribution in [0.1, 0.15) is 34.1 Å². The second-order valence-corrected chi connectivity index (χ2v) is 4.81. The first-order chi connectivity index (χ1) is 5.82. The van der Waals surface area contributed by atoms with Crippen molar-refractivity contribution < 1.29 is 9.90 Å². The molecule has 0 aliphatic heterocycles. The average molecular weight is 182 g/mol. The van der Waals surface area contributed by atoms with E-state index in [2.05, 4.69) is 6.08 Å². The zero-order valence-corrected chi connectivity index (χ0v) is 8.79. The van der Waals surface area contributed by atoms with Crippen LogP contribution in [-0.4, -0.2) is 11.1 Å². The molecular formula is C11H18O2. The van der Waals surface area contributed by atoms with Gasteiger partial charge in [0.25, 0.3) is 0 Å². The SMILES string of the molecule is C[C@@H]1C=CCC(C)(C)[C@@]1(C)C(=O)O. The molecule has 2 nitrogen and oxygen atoms in total. The second-order valence-electron chi connectivity index (χ2n) is 4.81. The number of hydrogen-bond donors (Lipinski definition) is 1. The molecule has 0 spiro atoms. The van der Waals surface area contributed by atoms with E-state index >= 15 is 0 Å². The lowest BCUT2D eigenvalue weighted by atomic mass is 9.56. The summed E-state index contributed by atoms with van der Waals surface area (Å²) >= 11 is 0. The molecule has 0 aromatic rings. The van der Waals surface area contributed by atoms with Crippen molar-refractivity contribution in [3.05, 3.63) is 12.2 Å².